The van der Waals surface area contributed by atoms with Crippen LogP contribution in [0.5, 0.6) is 5.75 Å². The fourth-order valence-electron chi connectivity index (χ4n) is 1.65. The van der Waals surface area contributed by atoms with Crippen LogP contribution < -0.4 is 4.74 Å². The molecule has 112 valence electrons. The van der Waals surface area contributed by atoms with Crippen LogP contribution in [0.25, 0.3) is 0 Å². The predicted octanol–water partition coefficient (Wildman–Crippen LogP) is 2.60. The molecular formula is C13H15F3O4. The average molecular weight is 292 g/mol. The SMILES string of the molecule is COC(=O)C(C)C(C)(O)c1ccc(OC(F)(F)F)cc1. The minimum Gasteiger partial charge on any atom is -0.469 e. The molecule has 0 radical (unpaired) electrons. The minimum absolute atomic E-state index is 0.282. The van der Waals surface area contributed by atoms with Gasteiger partial charge in [-0.3, -0.25) is 4.79 Å². The number of esters is 1. The molecule has 0 fully saturated rings. The number of carbonyl (C=O) groups is 1. The van der Waals surface area contributed by atoms with Crippen LogP contribution in [-0.2, 0) is 15.1 Å². The summed E-state index contributed by atoms with van der Waals surface area (Å²) in [7, 11) is 1.19. The molecule has 0 heterocycles. The lowest BCUT2D eigenvalue weighted by molar-refractivity contribution is -0.274. The zero-order valence-corrected chi connectivity index (χ0v) is 11.2. The third-order valence-electron chi connectivity index (χ3n) is 3.07. The van der Waals surface area contributed by atoms with E-state index >= 15 is 0 Å². The number of aliphatic hydroxyl groups is 1. The maximum Gasteiger partial charge on any atom is 0.573 e. The van der Waals surface area contributed by atoms with Crippen molar-refractivity contribution in [2.75, 3.05) is 7.11 Å². The summed E-state index contributed by atoms with van der Waals surface area (Å²) >= 11 is 0. The number of halogens is 3. The molecule has 0 bridgehead atoms. The summed E-state index contributed by atoms with van der Waals surface area (Å²) in [5.41, 5.74) is -1.28. The number of hydrogen-bond donors (Lipinski definition) is 1. The van der Waals surface area contributed by atoms with Crippen LogP contribution in [0.2, 0.25) is 0 Å². The Morgan fingerprint density at radius 1 is 1.25 bits per heavy atom. The van der Waals surface area contributed by atoms with Crippen molar-refractivity contribution in [3.63, 3.8) is 0 Å². The molecule has 1 N–H and O–H groups in total. The van der Waals surface area contributed by atoms with E-state index in [4.69, 9.17) is 0 Å². The van der Waals surface area contributed by atoms with Gasteiger partial charge < -0.3 is 14.6 Å². The molecule has 1 aromatic carbocycles. The number of ether oxygens (including phenoxy) is 2. The normalized spacial score (nSPS) is 16.1. The molecule has 0 saturated heterocycles. The van der Waals surface area contributed by atoms with E-state index in [2.05, 4.69) is 9.47 Å². The van der Waals surface area contributed by atoms with Gasteiger partial charge in [-0.25, -0.2) is 0 Å². The smallest absolute Gasteiger partial charge is 0.469 e. The Hall–Kier alpha value is -1.76. The number of hydrogen-bond acceptors (Lipinski definition) is 4. The van der Waals surface area contributed by atoms with Gasteiger partial charge >= 0.3 is 12.3 Å². The lowest BCUT2D eigenvalue weighted by Gasteiger charge is -2.29. The molecule has 1 aromatic rings. The minimum atomic E-state index is -4.77. The first-order valence-corrected chi connectivity index (χ1v) is 5.74. The Kier molecular flexibility index (Phi) is 4.65. The molecule has 20 heavy (non-hydrogen) atoms. The van der Waals surface area contributed by atoms with Gasteiger partial charge in [0.1, 0.15) is 5.75 Å². The Balaban J connectivity index is 2.95. The lowest BCUT2D eigenvalue weighted by Crippen LogP contribution is -2.35. The monoisotopic (exact) mass is 292 g/mol. The zero-order chi connectivity index (χ0) is 15.6. The van der Waals surface area contributed by atoms with E-state index in [0.29, 0.717) is 0 Å². The molecule has 0 aliphatic carbocycles. The average Bonchev–Trinajstić information content (AvgIpc) is 2.35. The number of methoxy groups -OCH3 is 1. The van der Waals surface area contributed by atoms with E-state index in [-0.39, 0.29) is 5.56 Å². The highest BCUT2D eigenvalue weighted by Crippen LogP contribution is 2.32. The highest BCUT2D eigenvalue weighted by Gasteiger charge is 2.36. The molecule has 0 aromatic heterocycles. The van der Waals surface area contributed by atoms with Gasteiger partial charge in [-0.15, -0.1) is 13.2 Å². The number of carbonyl (C=O) groups excluding carboxylic acids is 1. The van der Waals surface area contributed by atoms with Crippen molar-refractivity contribution < 1.29 is 32.5 Å². The van der Waals surface area contributed by atoms with Crippen LogP contribution in [0.3, 0.4) is 0 Å². The number of alkyl halides is 3. The summed E-state index contributed by atoms with van der Waals surface area (Å²) in [4.78, 5) is 11.4. The highest BCUT2D eigenvalue weighted by molar-refractivity contribution is 5.73. The third-order valence-corrected chi connectivity index (χ3v) is 3.07. The molecule has 2 atom stereocenters. The van der Waals surface area contributed by atoms with Crippen molar-refractivity contribution in [2.45, 2.75) is 25.8 Å². The van der Waals surface area contributed by atoms with Crippen LogP contribution in [0, 0.1) is 5.92 Å². The van der Waals surface area contributed by atoms with Gasteiger partial charge in [0.25, 0.3) is 0 Å². The maximum atomic E-state index is 12.0. The summed E-state index contributed by atoms with van der Waals surface area (Å²) < 4.78 is 44.3. The van der Waals surface area contributed by atoms with Gasteiger partial charge in [0.05, 0.1) is 18.6 Å². The van der Waals surface area contributed by atoms with Gasteiger partial charge in [-0.2, -0.15) is 0 Å². The second-order valence-corrected chi connectivity index (χ2v) is 4.46. The number of rotatable bonds is 4. The predicted molar refractivity (Wildman–Crippen MR) is 63.9 cm³/mol. The van der Waals surface area contributed by atoms with Gasteiger partial charge in [0.15, 0.2) is 0 Å². The molecule has 2 unspecified atom stereocenters. The summed E-state index contributed by atoms with van der Waals surface area (Å²) in [6, 6.07) is 4.67. The molecule has 0 aliphatic heterocycles. The van der Waals surface area contributed by atoms with E-state index in [1.54, 1.807) is 0 Å². The summed E-state index contributed by atoms with van der Waals surface area (Å²) in [6.45, 7) is 2.85. The summed E-state index contributed by atoms with van der Waals surface area (Å²) in [5.74, 6) is -1.89. The van der Waals surface area contributed by atoms with Crippen LogP contribution in [-0.4, -0.2) is 24.5 Å². The first-order chi connectivity index (χ1) is 9.08. The molecule has 1 rings (SSSR count). The fourth-order valence-corrected chi connectivity index (χ4v) is 1.65. The van der Waals surface area contributed by atoms with Crippen molar-refractivity contribution >= 4 is 5.97 Å². The third kappa shape index (κ3) is 3.86. The molecule has 0 spiro atoms. The van der Waals surface area contributed by atoms with Gasteiger partial charge in [0.2, 0.25) is 0 Å². The van der Waals surface area contributed by atoms with E-state index in [0.717, 1.165) is 12.1 Å². The Labute approximate surface area is 114 Å². The van der Waals surface area contributed by atoms with Crippen molar-refractivity contribution in [1.29, 1.82) is 0 Å². The van der Waals surface area contributed by atoms with Crippen molar-refractivity contribution in [2.24, 2.45) is 5.92 Å². The van der Waals surface area contributed by atoms with E-state index in [9.17, 15) is 23.1 Å². The summed E-state index contributed by atoms with van der Waals surface area (Å²) in [5, 5.41) is 10.3. The number of benzene rings is 1. The maximum absolute atomic E-state index is 12.0. The van der Waals surface area contributed by atoms with Gasteiger partial charge in [0, 0.05) is 0 Å². The lowest BCUT2D eigenvalue weighted by atomic mass is 9.84. The highest BCUT2D eigenvalue weighted by atomic mass is 19.4. The van der Waals surface area contributed by atoms with Crippen molar-refractivity contribution in [1.82, 2.24) is 0 Å². The van der Waals surface area contributed by atoms with E-state index < -0.39 is 29.6 Å². The van der Waals surface area contributed by atoms with Gasteiger partial charge in [-0.05, 0) is 31.5 Å². The molecular weight excluding hydrogens is 277 g/mol. The zero-order valence-electron chi connectivity index (χ0n) is 11.2. The molecule has 0 aliphatic rings. The first-order valence-electron chi connectivity index (χ1n) is 5.74. The fraction of sp³-hybridized carbons (Fsp3) is 0.462. The molecule has 7 heteroatoms. The summed E-state index contributed by atoms with van der Waals surface area (Å²) in [6.07, 6.45) is -4.77. The Morgan fingerprint density at radius 2 is 1.75 bits per heavy atom. The van der Waals surface area contributed by atoms with Crippen LogP contribution in [0.4, 0.5) is 13.2 Å². The quantitative estimate of drug-likeness (QED) is 0.867. The molecule has 4 nitrogen and oxygen atoms in total. The Bertz CT molecular complexity index is 465. The largest absolute Gasteiger partial charge is 0.573 e. The Morgan fingerprint density at radius 3 is 2.15 bits per heavy atom. The van der Waals surface area contributed by atoms with E-state index in [1.165, 1.54) is 33.1 Å². The van der Waals surface area contributed by atoms with Crippen molar-refractivity contribution in [3.8, 4) is 5.75 Å². The second-order valence-electron chi connectivity index (χ2n) is 4.46. The first kappa shape index (κ1) is 16.3. The standard InChI is InChI=1S/C13H15F3O4/c1-8(11(17)19-3)12(2,18)9-4-6-10(7-5-9)20-13(14,15)16/h4-8,18H,1-3H3. The molecule has 0 amide bonds. The van der Waals surface area contributed by atoms with Crippen LogP contribution in [0.15, 0.2) is 24.3 Å². The van der Waals surface area contributed by atoms with Crippen LogP contribution in [0.1, 0.15) is 19.4 Å². The van der Waals surface area contributed by atoms with E-state index in [1.807, 2.05) is 0 Å². The van der Waals surface area contributed by atoms with Crippen LogP contribution >= 0.6 is 0 Å². The van der Waals surface area contributed by atoms with Gasteiger partial charge in [-0.1, -0.05) is 12.1 Å². The molecule has 0 saturated carbocycles. The second kappa shape index (κ2) is 5.70. The topological polar surface area (TPSA) is 55.8 Å². The van der Waals surface area contributed by atoms with Crippen molar-refractivity contribution in [3.05, 3.63) is 29.8 Å².